The zero-order valence-corrected chi connectivity index (χ0v) is 8.24. The SMILES string of the molecule is NNC(=O)c1ccncc1.[Na]. The molecule has 0 aliphatic heterocycles. The first-order chi connectivity index (χ1) is 4.84. The molecule has 1 rings (SSSR count). The maximum atomic E-state index is 10.7. The molecule has 0 spiro atoms. The maximum absolute atomic E-state index is 10.7. The molecule has 1 heterocycles. The number of carbonyl (C=O) groups is 1. The van der Waals surface area contributed by atoms with Gasteiger partial charge in [-0.05, 0) is 12.1 Å². The van der Waals surface area contributed by atoms with Gasteiger partial charge in [-0.15, -0.1) is 0 Å². The normalized spacial score (nSPS) is 8.09. The smallest absolute Gasteiger partial charge is 0.265 e. The number of nitrogens with two attached hydrogens (primary N) is 1. The summed E-state index contributed by atoms with van der Waals surface area (Å²) < 4.78 is 0. The van der Waals surface area contributed by atoms with E-state index in [-0.39, 0.29) is 35.5 Å². The third-order valence-electron chi connectivity index (χ3n) is 1.07. The molecule has 0 atom stereocenters. The molecular formula is C6H7N3NaO. The number of hydrogen-bond donors (Lipinski definition) is 2. The number of rotatable bonds is 1. The van der Waals surface area contributed by atoms with Gasteiger partial charge in [0.05, 0.1) is 0 Å². The third-order valence-corrected chi connectivity index (χ3v) is 1.07. The van der Waals surface area contributed by atoms with E-state index in [9.17, 15) is 4.79 Å². The quantitative estimate of drug-likeness (QED) is 0.247. The van der Waals surface area contributed by atoms with Crippen molar-refractivity contribution in [3.8, 4) is 0 Å². The molecule has 1 radical (unpaired) electrons. The molecule has 1 amide bonds. The van der Waals surface area contributed by atoms with Gasteiger partial charge in [0.2, 0.25) is 0 Å². The van der Waals surface area contributed by atoms with Crippen molar-refractivity contribution >= 4 is 35.5 Å². The summed E-state index contributed by atoms with van der Waals surface area (Å²) in [5.41, 5.74) is 2.53. The Labute approximate surface area is 86.5 Å². The van der Waals surface area contributed by atoms with E-state index in [0.717, 1.165) is 0 Å². The minimum atomic E-state index is -0.303. The largest absolute Gasteiger partial charge is 0.290 e. The molecule has 11 heavy (non-hydrogen) atoms. The van der Waals surface area contributed by atoms with Gasteiger partial charge >= 0.3 is 0 Å². The van der Waals surface area contributed by atoms with E-state index in [1.807, 2.05) is 5.43 Å². The van der Waals surface area contributed by atoms with Crippen molar-refractivity contribution in [2.75, 3.05) is 0 Å². The maximum Gasteiger partial charge on any atom is 0.265 e. The van der Waals surface area contributed by atoms with Crippen LogP contribution >= 0.6 is 0 Å². The fourth-order valence-corrected chi connectivity index (χ4v) is 0.587. The standard InChI is InChI=1S/C6H7N3O.Na/c7-9-6(10)5-1-3-8-4-2-5;/h1-4H,7H2,(H,9,10);. The number of nitrogens with zero attached hydrogens (tertiary/aromatic N) is 1. The number of carbonyl (C=O) groups excluding carboxylic acids is 1. The van der Waals surface area contributed by atoms with Gasteiger partial charge in [0.25, 0.3) is 5.91 Å². The van der Waals surface area contributed by atoms with E-state index in [4.69, 9.17) is 5.84 Å². The first-order valence-electron chi connectivity index (χ1n) is 2.75. The van der Waals surface area contributed by atoms with Crippen molar-refractivity contribution in [3.05, 3.63) is 30.1 Å². The van der Waals surface area contributed by atoms with Crippen molar-refractivity contribution in [2.24, 2.45) is 5.84 Å². The summed E-state index contributed by atoms with van der Waals surface area (Å²) in [4.78, 5) is 14.5. The zero-order valence-electron chi connectivity index (χ0n) is 6.24. The van der Waals surface area contributed by atoms with Gasteiger partial charge in [-0.3, -0.25) is 15.2 Å². The predicted molar refractivity (Wildman–Crippen MR) is 41.6 cm³/mol. The number of nitrogens with one attached hydrogen (secondary N) is 1. The molecule has 1 aromatic rings. The Morgan fingerprint density at radius 3 is 2.45 bits per heavy atom. The van der Waals surface area contributed by atoms with Crippen molar-refractivity contribution in [1.29, 1.82) is 0 Å². The van der Waals surface area contributed by atoms with Gasteiger partial charge in [0.15, 0.2) is 0 Å². The van der Waals surface area contributed by atoms with Crippen LogP contribution in [0.2, 0.25) is 0 Å². The molecule has 0 fully saturated rings. The van der Waals surface area contributed by atoms with E-state index < -0.39 is 0 Å². The Kier molecular flexibility index (Phi) is 5.06. The van der Waals surface area contributed by atoms with Gasteiger partial charge in [0.1, 0.15) is 0 Å². The summed E-state index contributed by atoms with van der Waals surface area (Å²) >= 11 is 0. The van der Waals surface area contributed by atoms with Crippen LogP contribution in [-0.4, -0.2) is 40.4 Å². The van der Waals surface area contributed by atoms with Gasteiger partial charge in [0, 0.05) is 47.5 Å². The van der Waals surface area contributed by atoms with E-state index in [0.29, 0.717) is 5.56 Å². The van der Waals surface area contributed by atoms with Gasteiger partial charge in [-0.25, -0.2) is 5.84 Å². The molecule has 0 saturated heterocycles. The topological polar surface area (TPSA) is 68.0 Å². The number of hydrazine groups is 1. The molecule has 0 saturated carbocycles. The molecule has 4 nitrogen and oxygen atoms in total. The van der Waals surface area contributed by atoms with Crippen LogP contribution in [0.25, 0.3) is 0 Å². The van der Waals surface area contributed by atoms with Gasteiger partial charge in [-0.1, -0.05) is 0 Å². The molecule has 0 aromatic carbocycles. The van der Waals surface area contributed by atoms with Crippen LogP contribution < -0.4 is 11.3 Å². The summed E-state index contributed by atoms with van der Waals surface area (Å²) in [6.45, 7) is 0. The van der Waals surface area contributed by atoms with Crippen molar-refractivity contribution in [2.45, 2.75) is 0 Å². The van der Waals surface area contributed by atoms with Crippen LogP contribution in [0.5, 0.6) is 0 Å². The zero-order chi connectivity index (χ0) is 7.40. The van der Waals surface area contributed by atoms with Crippen LogP contribution in [0.1, 0.15) is 10.4 Å². The minimum absolute atomic E-state index is 0. The first-order valence-corrected chi connectivity index (χ1v) is 2.75. The van der Waals surface area contributed by atoms with Crippen LogP contribution in [0.15, 0.2) is 24.5 Å². The number of nitrogen functional groups attached to an aromatic ring is 1. The van der Waals surface area contributed by atoms with Crippen LogP contribution in [0.3, 0.4) is 0 Å². The molecular weight excluding hydrogens is 153 g/mol. The second-order valence-corrected chi connectivity index (χ2v) is 1.71. The van der Waals surface area contributed by atoms with E-state index in [2.05, 4.69) is 4.98 Å². The van der Waals surface area contributed by atoms with Crippen LogP contribution in [0.4, 0.5) is 0 Å². The average molecular weight is 160 g/mol. The van der Waals surface area contributed by atoms with Crippen molar-refractivity contribution in [1.82, 2.24) is 10.4 Å². The molecule has 0 unspecified atom stereocenters. The molecule has 0 aliphatic carbocycles. The fourth-order valence-electron chi connectivity index (χ4n) is 0.587. The predicted octanol–water partition coefficient (Wildman–Crippen LogP) is -0.696. The summed E-state index contributed by atoms with van der Waals surface area (Å²) in [6, 6.07) is 3.17. The number of aromatic nitrogens is 1. The minimum Gasteiger partial charge on any atom is -0.290 e. The van der Waals surface area contributed by atoms with Gasteiger partial charge < -0.3 is 0 Å². The molecule has 3 N–H and O–H groups in total. The number of hydrogen-bond acceptors (Lipinski definition) is 3. The molecule has 0 aliphatic rings. The van der Waals surface area contributed by atoms with E-state index in [1.54, 1.807) is 12.1 Å². The Bertz CT molecular complexity index is 227. The van der Waals surface area contributed by atoms with Crippen LogP contribution in [0, 0.1) is 0 Å². The monoisotopic (exact) mass is 160 g/mol. The molecule has 1 aromatic heterocycles. The summed E-state index contributed by atoms with van der Waals surface area (Å²) in [6.07, 6.45) is 3.06. The summed E-state index contributed by atoms with van der Waals surface area (Å²) in [5.74, 6) is 4.58. The van der Waals surface area contributed by atoms with Crippen molar-refractivity contribution in [3.63, 3.8) is 0 Å². The Balaban J connectivity index is 0.000001000. The fraction of sp³-hybridized carbons (Fsp3) is 0. The van der Waals surface area contributed by atoms with Crippen molar-refractivity contribution < 1.29 is 4.79 Å². The Hall–Kier alpha value is -0.420. The van der Waals surface area contributed by atoms with E-state index >= 15 is 0 Å². The second-order valence-electron chi connectivity index (χ2n) is 1.71. The average Bonchev–Trinajstić information content (AvgIpc) is 2.05. The molecule has 0 bridgehead atoms. The second kappa shape index (κ2) is 5.26. The Morgan fingerprint density at radius 2 is 2.00 bits per heavy atom. The molecule has 53 valence electrons. The summed E-state index contributed by atoms with van der Waals surface area (Å²) in [7, 11) is 0. The third kappa shape index (κ3) is 2.98. The molecule has 5 heteroatoms. The van der Waals surface area contributed by atoms with E-state index in [1.165, 1.54) is 12.4 Å². The Morgan fingerprint density at radius 1 is 1.45 bits per heavy atom. The first kappa shape index (κ1) is 10.6. The number of pyridine rings is 1. The van der Waals surface area contributed by atoms with Gasteiger partial charge in [-0.2, -0.15) is 0 Å². The van der Waals surface area contributed by atoms with Crippen LogP contribution in [-0.2, 0) is 0 Å². The number of amides is 1. The summed E-state index contributed by atoms with van der Waals surface area (Å²) in [5, 5.41) is 0.